The van der Waals surface area contributed by atoms with E-state index in [0.717, 1.165) is 25.7 Å². The molecule has 5 rings (SSSR count). The second-order valence-corrected chi connectivity index (χ2v) is 8.07. The normalized spacial score (nSPS) is 45.7. The molecule has 7 heteroatoms. The Balaban J connectivity index is 1.41. The minimum atomic E-state index is -0.198. The molecule has 0 aromatic rings. The highest BCUT2D eigenvalue weighted by Crippen LogP contribution is 2.36. The Kier molecular flexibility index (Phi) is 4.85. The molecule has 0 spiro atoms. The Morgan fingerprint density at radius 2 is 2.12 bits per heavy atom. The van der Waals surface area contributed by atoms with Gasteiger partial charge in [0.15, 0.2) is 6.23 Å². The van der Waals surface area contributed by atoms with E-state index in [-0.39, 0.29) is 36.9 Å². The third-order valence-electron chi connectivity index (χ3n) is 6.49. The summed E-state index contributed by atoms with van der Waals surface area (Å²) in [4.78, 5) is 5.13. The summed E-state index contributed by atoms with van der Waals surface area (Å²) in [5.41, 5.74) is 9.52. The highest BCUT2D eigenvalue weighted by atomic mass is 16.7. The van der Waals surface area contributed by atoms with Crippen LogP contribution in [0.25, 0.3) is 0 Å². The van der Waals surface area contributed by atoms with Crippen molar-refractivity contribution in [3.63, 3.8) is 0 Å². The summed E-state index contributed by atoms with van der Waals surface area (Å²) in [5, 5.41) is 3.64. The highest BCUT2D eigenvalue weighted by molar-refractivity contribution is 5.88. The molecule has 5 aliphatic rings. The number of ether oxygens (including phenoxy) is 3. The van der Waals surface area contributed by atoms with E-state index < -0.39 is 0 Å². The third-order valence-corrected chi connectivity index (χ3v) is 6.49. The topological polar surface area (TPSA) is 76.1 Å². The molecule has 7 unspecified atom stereocenters. The number of hydrogen-bond donors (Lipinski definition) is 3. The molecule has 0 aromatic heterocycles. The minimum Gasteiger partial charge on any atom is -0.349 e. The fourth-order valence-electron chi connectivity index (χ4n) is 4.95. The first-order chi connectivity index (χ1) is 12.8. The molecule has 3 heterocycles. The predicted octanol–water partition coefficient (Wildman–Crippen LogP) is 1.56. The molecule has 7 nitrogen and oxygen atoms in total. The maximum Gasteiger partial charge on any atom is 0.172 e. The van der Waals surface area contributed by atoms with E-state index in [1.165, 1.54) is 30.5 Å². The van der Waals surface area contributed by atoms with Gasteiger partial charge in [-0.2, -0.15) is 0 Å². The van der Waals surface area contributed by atoms with Gasteiger partial charge in [0.1, 0.15) is 13.0 Å². The lowest BCUT2D eigenvalue weighted by Gasteiger charge is -2.42. The lowest BCUT2D eigenvalue weighted by molar-refractivity contribution is -0.0666. The second-order valence-electron chi connectivity index (χ2n) is 8.07. The number of nitrogens with zero attached hydrogens (tertiary/aromatic N) is 1. The molecule has 3 fully saturated rings. The predicted molar refractivity (Wildman–Crippen MR) is 97.3 cm³/mol. The van der Waals surface area contributed by atoms with Crippen molar-refractivity contribution >= 4 is 5.71 Å². The van der Waals surface area contributed by atoms with Gasteiger partial charge in [0.25, 0.3) is 0 Å². The highest BCUT2D eigenvalue weighted by Gasteiger charge is 2.43. The van der Waals surface area contributed by atoms with E-state index in [1.54, 1.807) is 0 Å². The van der Waals surface area contributed by atoms with E-state index in [0.29, 0.717) is 12.7 Å². The number of nitrogens with one attached hydrogen (secondary N) is 3. The summed E-state index contributed by atoms with van der Waals surface area (Å²) in [7, 11) is 0. The van der Waals surface area contributed by atoms with Crippen LogP contribution >= 0.6 is 0 Å². The summed E-state index contributed by atoms with van der Waals surface area (Å²) in [6.07, 6.45) is 10.2. The van der Waals surface area contributed by atoms with Crippen molar-refractivity contribution in [1.29, 1.82) is 0 Å². The monoisotopic (exact) mass is 362 g/mol. The van der Waals surface area contributed by atoms with Crippen LogP contribution in [-0.4, -0.2) is 49.4 Å². The summed E-state index contributed by atoms with van der Waals surface area (Å²) in [5.74, 6) is 0.444. The van der Waals surface area contributed by atoms with Crippen LogP contribution in [0.3, 0.4) is 0 Å². The van der Waals surface area contributed by atoms with Gasteiger partial charge in [-0.25, -0.2) is 10.9 Å². The first-order valence-electron chi connectivity index (χ1n) is 10.2. The molecule has 7 atom stereocenters. The Morgan fingerprint density at radius 3 is 3.04 bits per heavy atom. The quantitative estimate of drug-likeness (QED) is 0.648. The smallest absolute Gasteiger partial charge is 0.172 e. The van der Waals surface area contributed by atoms with E-state index >= 15 is 0 Å². The van der Waals surface area contributed by atoms with Crippen molar-refractivity contribution in [2.45, 2.75) is 88.7 Å². The van der Waals surface area contributed by atoms with Crippen LogP contribution in [0, 0.1) is 5.92 Å². The van der Waals surface area contributed by atoms with Crippen LogP contribution < -0.4 is 16.2 Å². The van der Waals surface area contributed by atoms with E-state index in [4.69, 9.17) is 19.2 Å². The molecule has 0 radical (unpaired) electrons. The first kappa shape index (κ1) is 17.3. The number of hydrogen-bond acceptors (Lipinski definition) is 7. The zero-order valence-electron chi connectivity index (χ0n) is 15.4. The number of rotatable bonds is 2. The van der Waals surface area contributed by atoms with Gasteiger partial charge >= 0.3 is 0 Å². The SMILES string of the molecule is CCC1NNC2C(N1)OC(C1=CCC3OCOC3C1)N=C1CCCCC12. The number of aliphatic imine (C=N–C) groups is 1. The Bertz CT molecular complexity index is 595. The maximum atomic E-state index is 6.56. The average molecular weight is 362 g/mol. The zero-order chi connectivity index (χ0) is 17.5. The van der Waals surface area contributed by atoms with Gasteiger partial charge < -0.3 is 14.2 Å². The van der Waals surface area contributed by atoms with Crippen LogP contribution in [0.15, 0.2) is 16.6 Å². The molecule has 1 saturated carbocycles. The summed E-state index contributed by atoms with van der Waals surface area (Å²) < 4.78 is 18.0. The Hall–Kier alpha value is -0.830. The molecule has 0 aromatic carbocycles. The average Bonchev–Trinajstić information content (AvgIpc) is 3.09. The molecular formula is C19H30N4O3. The van der Waals surface area contributed by atoms with Gasteiger partial charge in [-0.3, -0.25) is 10.3 Å². The van der Waals surface area contributed by atoms with E-state index in [9.17, 15) is 0 Å². The summed E-state index contributed by atoms with van der Waals surface area (Å²) in [6.45, 7) is 2.59. The lowest BCUT2D eigenvalue weighted by Crippen LogP contribution is -2.70. The molecule has 3 N–H and O–H groups in total. The first-order valence-corrected chi connectivity index (χ1v) is 10.2. The van der Waals surface area contributed by atoms with Crippen molar-refractivity contribution in [2.24, 2.45) is 10.9 Å². The molecule has 2 saturated heterocycles. The molecule has 2 aliphatic carbocycles. The van der Waals surface area contributed by atoms with Crippen molar-refractivity contribution in [1.82, 2.24) is 16.2 Å². The summed E-state index contributed by atoms with van der Waals surface area (Å²) in [6, 6.07) is 0.227. The second kappa shape index (κ2) is 7.30. The van der Waals surface area contributed by atoms with Crippen molar-refractivity contribution in [2.75, 3.05) is 6.79 Å². The molecule has 0 amide bonds. The van der Waals surface area contributed by atoms with Crippen LogP contribution in [0.1, 0.15) is 51.9 Å². The maximum absolute atomic E-state index is 6.56. The van der Waals surface area contributed by atoms with E-state index in [1.807, 2.05) is 0 Å². The van der Waals surface area contributed by atoms with Crippen molar-refractivity contribution < 1.29 is 14.2 Å². The zero-order valence-corrected chi connectivity index (χ0v) is 15.4. The van der Waals surface area contributed by atoms with Crippen LogP contribution in [0.2, 0.25) is 0 Å². The van der Waals surface area contributed by atoms with Crippen LogP contribution in [-0.2, 0) is 14.2 Å². The molecular weight excluding hydrogens is 332 g/mol. The van der Waals surface area contributed by atoms with Crippen molar-refractivity contribution in [3.8, 4) is 0 Å². The lowest BCUT2D eigenvalue weighted by atomic mass is 9.81. The van der Waals surface area contributed by atoms with Crippen LogP contribution in [0.4, 0.5) is 0 Å². The number of hydrazine groups is 1. The molecule has 26 heavy (non-hydrogen) atoms. The van der Waals surface area contributed by atoms with Crippen LogP contribution in [0.5, 0.6) is 0 Å². The van der Waals surface area contributed by atoms with Gasteiger partial charge in [0, 0.05) is 18.1 Å². The standard InChI is InChI=1S/C19H30N4O3/c1-2-16-21-19-17(23-22-16)12-5-3-4-6-13(12)20-18(26-19)11-7-8-14-15(9-11)25-10-24-14/h7,12,14-19,21-23H,2-6,8-10H2,1H3. The van der Waals surface area contributed by atoms with Gasteiger partial charge in [-0.05, 0) is 37.7 Å². The van der Waals surface area contributed by atoms with Gasteiger partial charge in [-0.1, -0.05) is 19.4 Å². The van der Waals surface area contributed by atoms with Gasteiger partial charge in [0.05, 0.1) is 24.4 Å². The third kappa shape index (κ3) is 3.15. The van der Waals surface area contributed by atoms with E-state index in [2.05, 4.69) is 29.2 Å². The Labute approximate surface area is 154 Å². The fourth-order valence-corrected chi connectivity index (χ4v) is 4.95. The molecule has 144 valence electrons. The summed E-state index contributed by atoms with van der Waals surface area (Å²) >= 11 is 0. The molecule has 0 bridgehead atoms. The Morgan fingerprint density at radius 1 is 1.19 bits per heavy atom. The van der Waals surface area contributed by atoms with Crippen molar-refractivity contribution in [3.05, 3.63) is 11.6 Å². The largest absolute Gasteiger partial charge is 0.349 e. The van der Waals surface area contributed by atoms with Gasteiger partial charge in [-0.15, -0.1) is 0 Å². The fraction of sp³-hybridized carbons (Fsp3) is 0.842. The van der Waals surface area contributed by atoms with Gasteiger partial charge in [0.2, 0.25) is 0 Å². The number of fused-ring (bicyclic) bond motifs is 4. The molecule has 3 aliphatic heterocycles. The minimum absolute atomic E-state index is 0.0325.